The average molecular weight is 286 g/mol. The number of aromatic hydroxyl groups is 1. The van der Waals surface area contributed by atoms with E-state index in [1.54, 1.807) is 30.0 Å². The summed E-state index contributed by atoms with van der Waals surface area (Å²) >= 11 is 13.3. The van der Waals surface area contributed by atoms with E-state index in [-0.39, 0.29) is 5.75 Å². The molecular formula is C12H9Cl2NOS. The van der Waals surface area contributed by atoms with Crippen molar-refractivity contribution in [3.8, 4) is 5.75 Å². The summed E-state index contributed by atoms with van der Waals surface area (Å²) < 4.78 is 0. The van der Waals surface area contributed by atoms with Gasteiger partial charge in [0.2, 0.25) is 0 Å². The van der Waals surface area contributed by atoms with Gasteiger partial charge in [0.05, 0.1) is 0 Å². The molecule has 0 amide bonds. The molecule has 0 aliphatic rings. The van der Waals surface area contributed by atoms with E-state index in [4.69, 9.17) is 28.3 Å². The Bertz CT molecular complexity index is 516. The molecule has 0 spiro atoms. The molecule has 5 heteroatoms. The normalized spacial score (nSPS) is 10.5. The summed E-state index contributed by atoms with van der Waals surface area (Å²) in [6, 6.07) is 10.6. The molecule has 0 fully saturated rings. The molecule has 2 nitrogen and oxygen atoms in total. The molecule has 0 aliphatic heterocycles. The SMILES string of the molecule is Oc1ccc(SCc2ccc(Cl)nc2Cl)cc1. The lowest BCUT2D eigenvalue weighted by atomic mass is 10.3. The second kappa shape index (κ2) is 5.63. The fraction of sp³-hybridized carbons (Fsp3) is 0.0833. The summed E-state index contributed by atoms with van der Waals surface area (Å²) in [6.07, 6.45) is 0. The van der Waals surface area contributed by atoms with Crippen LogP contribution in [0, 0.1) is 0 Å². The molecular weight excluding hydrogens is 277 g/mol. The maximum Gasteiger partial charge on any atom is 0.134 e. The zero-order chi connectivity index (χ0) is 12.3. The summed E-state index contributed by atoms with van der Waals surface area (Å²) in [5.74, 6) is 0.980. The van der Waals surface area contributed by atoms with Gasteiger partial charge >= 0.3 is 0 Å². The minimum atomic E-state index is 0.264. The van der Waals surface area contributed by atoms with Crippen molar-refractivity contribution in [2.75, 3.05) is 0 Å². The fourth-order valence-electron chi connectivity index (χ4n) is 1.25. The highest BCUT2D eigenvalue weighted by atomic mass is 35.5. The Morgan fingerprint density at radius 3 is 2.41 bits per heavy atom. The van der Waals surface area contributed by atoms with Crippen molar-refractivity contribution in [1.29, 1.82) is 0 Å². The van der Waals surface area contributed by atoms with Crippen molar-refractivity contribution in [1.82, 2.24) is 4.98 Å². The number of aromatic nitrogens is 1. The molecule has 0 aliphatic carbocycles. The zero-order valence-corrected chi connectivity index (χ0v) is 11.1. The van der Waals surface area contributed by atoms with Gasteiger partial charge in [0.1, 0.15) is 16.1 Å². The van der Waals surface area contributed by atoms with Crippen LogP contribution in [0.5, 0.6) is 5.75 Å². The Morgan fingerprint density at radius 1 is 1.06 bits per heavy atom. The molecule has 0 unspecified atom stereocenters. The predicted molar refractivity (Wildman–Crippen MR) is 71.9 cm³/mol. The van der Waals surface area contributed by atoms with Crippen molar-refractivity contribution < 1.29 is 5.11 Å². The van der Waals surface area contributed by atoms with E-state index < -0.39 is 0 Å². The molecule has 1 N–H and O–H groups in total. The lowest BCUT2D eigenvalue weighted by molar-refractivity contribution is 0.475. The number of benzene rings is 1. The highest BCUT2D eigenvalue weighted by Crippen LogP contribution is 2.27. The first kappa shape index (κ1) is 12.6. The van der Waals surface area contributed by atoms with Crippen molar-refractivity contribution in [2.45, 2.75) is 10.6 Å². The van der Waals surface area contributed by atoms with Crippen LogP contribution in [0.4, 0.5) is 0 Å². The second-order valence-corrected chi connectivity index (χ2v) is 5.16. The Hall–Kier alpha value is -0.900. The lowest BCUT2D eigenvalue weighted by Gasteiger charge is -2.04. The highest BCUT2D eigenvalue weighted by Gasteiger charge is 2.03. The third-order valence-corrected chi connectivity index (χ3v) is 3.72. The van der Waals surface area contributed by atoms with Crippen LogP contribution >= 0.6 is 35.0 Å². The van der Waals surface area contributed by atoms with Gasteiger partial charge in [0, 0.05) is 10.6 Å². The number of halogens is 2. The molecule has 88 valence electrons. The predicted octanol–water partition coefficient (Wildman–Crippen LogP) is 4.39. The molecule has 0 bridgehead atoms. The monoisotopic (exact) mass is 285 g/mol. The maximum absolute atomic E-state index is 9.16. The van der Waals surface area contributed by atoms with E-state index >= 15 is 0 Å². The molecule has 0 saturated heterocycles. The Morgan fingerprint density at radius 2 is 1.76 bits per heavy atom. The zero-order valence-electron chi connectivity index (χ0n) is 8.73. The molecule has 0 atom stereocenters. The average Bonchev–Trinajstić information content (AvgIpc) is 2.30. The first-order valence-corrected chi connectivity index (χ1v) is 6.62. The van der Waals surface area contributed by atoms with Crippen molar-refractivity contribution >= 4 is 35.0 Å². The third kappa shape index (κ3) is 3.53. The topological polar surface area (TPSA) is 33.1 Å². The quantitative estimate of drug-likeness (QED) is 0.671. The standard InChI is InChI=1S/C12H9Cl2NOS/c13-11-6-1-8(12(14)15-11)7-17-10-4-2-9(16)3-5-10/h1-6,16H,7H2. The lowest BCUT2D eigenvalue weighted by Crippen LogP contribution is -1.86. The summed E-state index contributed by atoms with van der Waals surface area (Å²) in [7, 11) is 0. The van der Waals surface area contributed by atoms with E-state index in [1.807, 2.05) is 18.2 Å². The van der Waals surface area contributed by atoms with Crippen LogP contribution in [-0.4, -0.2) is 10.1 Å². The number of nitrogens with zero attached hydrogens (tertiary/aromatic N) is 1. The number of rotatable bonds is 3. The van der Waals surface area contributed by atoms with Crippen molar-refractivity contribution in [3.05, 3.63) is 52.3 Å². The van der Waals surface area contributed by atoms with Gasteiger partial charge in [-0.3, -0.25) is 0 Å². The highest BCUT2D eigenvalue weighted by molar-refractivity contribution is 7.98. The first-order valence-electron chi connectivity index (χ1n) is 4.88. The Labute approximate surface area is 114 Å². The van der Waals surface area contributed by atoms with Gasteiger partial charge < -0.3 is 5.11 Å². The van der Waals surface area contributed by atoms with E-state index in [2.05, 4.69) is 4.98 Å². The van der Waals surface area contributed by atoms with Crippen LogP contribution in [-0.2, 0) is 5.75 Å². The van der Waals surface area contributed by atoms with Gasteiger partial charge in [-0.1, -0.05) is 29.3 Å². The maximum atomic E-state index is 9.16. The van der Waals surface area contributed by atoms with Crippen LogP contribution in [0.1, 0.15) is 5.56 Å². The van der Waals surface area contributed by atoms with E-state index in [9.17, 15) is 0 Å². The molecule has 1 aromatic heterocycles. The first-order chi connectivity index (χ1) is 8.15. The van der Waals surface area contributed by atoms with Gasteiger partial charge in [-0.15, -0.1) is 11.8 Å². The number of hydrogen-bond donors (Lipinski definition) is 1. The van der Waals surface area contributed by atoms with Gasteiger partial charge in [0.15, 0.2) is 0 Å². The largest absolute Gasteiger partial charge is 0.508 e. The molecule has 1 aromatic carbocycles. The van der Waals surface area contributed by atoms with E-state index in [1.165, 1.54) is 0 Å². The van der Waals surface area contributed by atoms with Crippen LogP contribution in [0.2, 0.25) is 10.3 Å². The molecule has 2 rings (SSSR count). The van der Waals surface area contributed by atoms with E-state index in [0.29, 0.717) is 16.1 Å². The summed E-state index contributed by atoms with van der Waals surface area (Å²) in [6.45, 7) is 0. The number of phenols is 1. The Kier molecular flexibility index (Phi) is 4.15. The molecule has 0 radical (unpaired) electrons. The molecule has 0 saturated carbocycles. The van der Waals surface area contributed by atoms with Crippen LogP contribution in [0.25, 0.3) is 0 Å². The summed E-state index contributed by atoms with van der Waals surface area (Å²) in [4.78, 5) is 5.04. The van der Waals surface area contributed by atoms with Crippen LogP contribution in [0.15, 0.2) is 41.3 Å². The summed E-state index contributed by atoms with van der Waals surface area (Å²) in [5, 5.41) is 9.99. The Balaban J connectivity index is 2.04. The number of thioether (sulfide) groups is 1. The van der Waals surface area contributed by atoms with Crippen LogP contribution < -0.4 is 0 Å². The number of phenolic OH excluding ortho intramolecular Hbond substituents is 1. The molecule has 17 heavy (non-hydrogen) atoms. The van der Waals surface area contributed by atoms with E-state index in [0.717, 1.165) is 10.5 Å². The molecule has 1 heterocycles. The van der Waals surface area contributed by atoms with Gasteiger partial charge in [-0.25, -0.2) is 4.98 Å². The minimum Gasteiger partial charge on any atom is -0.508 e. The summed E-state index contributed by atoms with van der Waals surface area (Å²) in [5.41, 5.74) is 0.939. The van der Waals surface area contributed by atoms with Gasteiger partial charge in [-0.05, 0) is 35.9 Å². The van der Waals surface area contributed by atoms with Gasteiger partial charge in [0.25, 0.3) is 0 Å². The molecule has 2 aromatic rings. The van der Waals surface area contributed by atoms with Gasteiger partial charge in [-0.2, -0.15) is 0 Å². The minimum absolute atomic E-state index is 0.264. The fourth-order valence-corrected chi connectivity index (χ4v) is 2.63. The number of hydrogen-bond acceptors (Lipinski definition) is 3. The van der Waals surface area contributed by atoms with Crippen LogP contribution in [0.3, 0.4) is 0 Å². The van der Waals surface area contributed by atoms with Crippen molar-refractivity contribution in [3.63, 3.8) is 0 Å². The second-order valence-electron chi connectivity index (χ2n) is 3.37. The third-order valence-electron chi connectivity index (χ3n) is 2.12. The van der Waals surface area contributed by atoms with Crippen molar-refractivity contribution in [2.24, 2.45) is 0 Å². The number of pyridine rings is 1. The smallest absolute Gasteiger partial charge is 0.134 e.